The van der Waals surface area contributed by atoms with Crippen LogP contribution in [0.2, 0.25) is 5.15 Å². The average Bonchev–Trinajstić information content (AvgIpc) is 3.11. The van der Waals surface area contributed by atoms with E-state index >= 15 is 0 Å². The van der Waals surface area contributed by atoms with Crippen molar-refractivity contribution in [2.75, 3.05) is 18.4 Å². The second-order valence-corrected chi connectivity index (χ2v) is 8.30. The average molecular weight is 427 g/mol. The maximum Gasteiger partial charge on any atom is 0.407 e. The van der Waals surface area contributed by atoms with E-state index in [1.54, 1.807) is 6.20 Å². The van der Waals surface area contributed by atoms with Gasteiger partial charge in [-0.1, -0.05) is 23.7 Å². The third-order valence-corrected chi connectivity index (χ3v) is 6.24. The summed E-state index contributed by atoms with van der Waals surface area (Å²) in [5.41, 5.74) is 3.89. The number of carbonyl (C=O) groups is 1. The van der Waals surface area contributed by atoms with Crippen molar-refractivity contribution in [1.29, 1.82) is 0 Å². The molecule has 1 aromatic carbocycles. The Hall–Kier alpha value is -2.87. The van der Waals surface area contributed by atoms with E-state index in [4.69, 9.17) is 16.6 Å². The Morgan fingerprint density at radius 3 is 2.77 bits per heavy atom. The summed E-state index contributed by atoms with van der Waals surface area (Å²) in [5, 5.41) is 13.2. The van der Waals surface area contributed by atoms with Crippen molar-refractivity contribution in [3.05, 3.63) is 47.0 Å². The van der Waals surface area contributed by atoms with Gasteiger partial charge in [-0.2, -0.15) is 0 Å². The van der Waals surface area contributed by atoms with Crippen molar-refractivity contribution in [2.24, 2.45) is 0 Å². The number of hydrogen-bond acceptors (Lipinski definition) is 5. The standard InChI is InChI=1S/C21H23ClN6O2/c22-18-12-23-19-15(25-18)5-3-7-17(19)28-16-6-2-1-4-14(16)26-20(28)24-13-8-10-27(11-9-13)21(29)30/h1-2,4,6,12-13,17H,3,5,7-11H2,(H,24,26)(H,29,30). The molecule has 1 fully saturated rings. The molecule has 2 aliphatic rings. The molecule has 0 bridgehead atoms. The van der Waals surface area contributed by atoms with Crippen LogP contribution in [-0.4, -0.2) is 54.8 Å². The van der Waals surface area contributed by atoms with E-state index in [1.165, 1.54) is 4.90 Å². The molecular weight excluding hydrogens is 404 g/mol. The normalized spacial score (nSPS) is 19.6. The van der Waals surface area contributed by atoms with Gasteiger partial charge in [0.05, 0.1) is 34.7 Å². The summed E-state index contributed by atoms with van der Waals surface area (Å²) < 4.78 is 2.24. The molecule has 1 saturated heterocycles. The maximum atomic E-state index is 11.2. The van der Waals surface area contributed by atoms with E-state index in [0.717, 1.165) is 60.5 Å². The van der Waals surface area contributed by atoms with E-state index < -0.39 is 6.09 Å². The highest BCUT2D eigenvalue weighted by atomic mass is 35.5. The lowest BCUT2D eigenvalue weighted by molar-refractivity contribution is 0.133. The number of likely N-dealkylation sites (tertiary alicyclic amines) is 1. The first kappa shape index (κ1) is 19.1. The molecule has 3 heterocycles. The van der Waals surface area contributed by atoms with Crippen LogP contribution in [0.1, 0.15) is 43.1 Å². The molecule has 8 nitrogen and oxygen atoms in total. The molecule has 0 radical (unpaired) electrons. The van der Waals surface area contributed by atoms with Crippen molar-refractivity contribution in [1.82, 2.24) is 24.4 Å². The number of anilines is 1. The second kappa shape index (κ2) is 7.75. The van der Waals surface area contributed by atoms with Gasteiger partial charge in [0.15, 0.2) is 0 Å². The summed E-state index contributed by atoms with van der Waals surface area (Å²) in [5.74, 6) is 0.805. The van der Waals surface area contributed by atoms with Gasteiger partial charge >= 0.3 is 6.09 Å². The number of aromatic nitrogens is 4. The topological polar surface area (TPSA) is 96.2 Å². The zero-order valence-electron chi connectivity index (χ0n) is 16.5. The Morgan fingerprint density at radius 2 is 1.97 bits per heavy atom. The van der Waals surface area contributed by atoms with E-state index in [0.29, 0.717) is 18.2 Å². The van der Waals surface area contributed by atoms with Crippen molar-refractivity contribution < 1.29 is 9.90 Å². The smallest absolute Gasteiger partial charge is 0.407 e. The van der Waals surface area contributed by atoms with Crippen LogP contribution in [0, 0.1) is 0 Å². The van der Waals surface area contributed by atoms with Gasteiger partial charge in [-0.25, -0.2) is 14.8 Å². The number of halogens is 1. The highest BCUT2D eigenvalue weighted by Crippen LogP contribution is 2.36. The molecule has 1 amide bonds. The third kappa shape index (κ3) is 3.45. The fourth-order valence-electron chi connectivity index (χ4n) is 4.59. The molecule has 2 aromatic heterocycles. The summed E-state index contributed by atoms with van der Waals surface area (Å²) in [6.45, 7) is 1.06. The summed E-state index contributed by atoms with van der Waals surface area (Å²) >= 11 is 6.09. The summed E-state index contributed by atoms with van der Waals surface area (Å²) in [4.78, 5) is 26.7. The van der Waals surface area contributed by atoms with Crippen LogP contribution in [0.5, 0.6) is 0 Å². The number of amides is 1. The molecule has 1 aliphatic carbocycles. The minimum absolute atomic E-state index is 0.0347. The van der Waals surface area contributed by atoms with E-state index in [1.807, 2.05) is 18.2 Å². The fourth-order valence-corrected chi connectivity index (χ4v) is 4.74. The predicted molar refractivity (Wildman–Crippen MR) is 114 cm³/mol. The molecule has 3 aromatic rings. The second-order valence-electron chi connectivity index (χ2n) is 7.92. The van der Waals surface area contributed by atoms with E-state index in [9.17, 15) is 9.90 Å². The van der Waals surface area contributed by atoms with E-state index in [-0.39, 0.29) is 12.1 Å². The molecule has 9 heteroatoms. The third-order valence-electron chi connectivity index (χ3n) is 6.06. The van der Waals surface area contributed by atoms with Crippen LogP contribution in [0.3, 0.4) is 0 Å². The van der Waals surface area contributed by atoms with E-state index in [2.05, 4.69) is 25.9 Å². The zero-order valence-corrected chi connectivity index (χ0v) is 17.2. The molecule has 1 atom stereocenters. The molecule has 1 aliphatic heterocycles. The van der Waals surface area contributed by atoms with Gasteiger partial charge in [-0.15, -0.1) is 0 Å². The van der Waals surface area contributed by atoms with Gasteiger partial charge < -0.3 is 19.9 Å². The van der Waals surface area contributed by atoms with Crippen LogP contribution >= 0.6 is 11.6 Å². The minimum atomic E-state index is -0.850. The van der Waals surface area contributed by atoms with Crippen LogP contribution in [-0.2, 0) is 6.42 Å². The highest BCUT2D eigenvalue weighted by Gasteiger charge is 2.30. The van der Waals surface area contributed by atoms with Gasteiger partial charge in [0, 0.05) is 19.1 Å². The predicted octanol–water partition coefficient (Wildman–Crippen LogP) is 3.96. The molecule has 0 saturated carbocycles. The molecule has 30 heavy (non-hydrogen) atoms. The Kier molecular flexibility index (Phi) is 4.94. The highest BCUT2D eigenvalue weighted by molar-refractivity contribution is 6.29. The van der Waals surface area contributed by atoms with Crippen LogP contribution in [0.25, 0.3) is 11.0 Å². The number of para-hydroxylation sites is 2. The number of aryl methyl sites for hydroxylation is 1. The van der Waals surface area contributed by atoms with Gasteiger partial charge in [-0.3, -0.25) is 4.98 Å². The fraction of sp³-hybridized carbons (Fsp3) is 0.429. The Labute approximate surface area is 178 Å². The summed E-state index contributed by atoms with van der Waals surface area (Å²) in [6, 6.07) is 8.32. The van der Waals surface area contributed by atoms with Gasteiger partial charge in [-0.05, 0) is 44.2 Å². The quantitative estimate of drug-likeness (QED) is 0.658. The first-order chi connectivity index (χ1) is 14.6. The van der Waals surface area contributed by atoms with Crippen LogP contribution in [0.4, 0.5) is 10.7 Å². The van der Waals surface area contributed by atoms with Crippen molar-refractivity contribution in [2.45, 2.75) is 44.2 Å². The zero-order chi connectivity index (χ0) is 20.7. The Morgan fingerprint density at radius 1 is 1.17 bits per heavy atom. The maximum absolute atomic E-state index is 11.2. The number of fused-ring (bicyclic) bond motifs is 2. The Balaban J connectivity index is 1.51. The molecule has 2 N–H and O–H groups in total. The number of piperidine rings is 1. The number of benzene rings is 1. The number of carboxylic acid groups (broad SMARTS) is 1. The lowest BCUT2D eigenvalue weighted by Crippen LogP contribution is -2.42. The minimum Gasteiger partial charge on any atom is -0.465 e. The number of nitrogens with zero attached hydrogens (tertiary/aromatic N) is 5. The van der Waals surface area contributed by atoms with Gasteiger partial charge in [0.1, 0.15) is 5.15 Å². The van der Waals surface area contributed by atoms with Gasteiger partial charge in [0.2, 0.25) is 5.95 Å². The number of nitrogens with one attached hydrogen (secondary N) is 1. The summed E-state index contributed by atoms with van der Waals surface area (Å²) in [7, 11) is 0. The summed E-state index contributed by atoms with van der Waals surface area (Å²) in [6.07, 6.45) is 5.12. The molecule has 1 unspecified atom stereocenters. The van der Waals surface area contributed by atoms with Crippen molar-refractivity contribution in [3.63, 3.8) is 0 Å². The first-order valence-corrected chi connectivity index (χ1v) is 10.7. The number of hydrogen-bond donors (Lipinski definition) is 2. The SMILES string of the molecule is O=C(O)N1CCC(Nc2nc3ccccc3n2C2CCCc3nc(Cl)cnc32)CC1. The molecular formula is C21H23ClN6O2. The number of imidazole rings is 1. The molecule has 0 spiro atoms. The first-order valence-electron chi connectivity index (χ1n) is 10.3. The molecule has 156 valence electrons. The Bertz CT molecular complexity index is 1090. The van der Waals surface area contributed by atoms with Crippen LogP contribution < -0.4 is 5.32 Å². The monoisotopic (exact) mass is 426 g/mol. The molecule has 5 rings (SSSR count). The lowest BCUT2D eigenvalue weighted by atomic mass is 9.95. The van der Waals surface area contributed by atoms with Crippen molar-refractivity contribution >= 4 is 34.7 Å². The van der Waals surface area contributed by atoms with Crippen molar-refractivity contribution in [3.8, 4) is 0 Å². The lowest BCUT2D eigenvalue weighted by Gasteiger charge is -2.32. The largest absolute Gasteiger partial charge is 0.465 e. The van der Waals surface area contributed by atoms with Crippen LogP contribution in [0.15, 0.2) is 30.5 Å². The van der Waals surface area contributed by atoms with Gasteiger partial charge in [0.25, 0.3) is 0 Å². The number of rotatable bonds is 3.